The second kappa shape index (κ2) is 9.09. The molecule has 2 fully saturated rings. The Bertz CT molecular complexity index is 916. The maximum Gasteiger partial charge on any atom is 0.341 e. The molecule has 2 aliphatic rings. The van der Waals surface area contributed by atoms with Crippen LogP contribution in [0.4, 0.5) is 0 Å². The Hall–Kier alpha value is -1.87. The minimum Gasteiger partial charge on any atom is -0.462 e. The molecule has 1 saturated carbocycles. The number of amides is 1. The average Bonchev–Trinajstić information content (AvgIpc) is 3.30. The van der Waals surface area contributed by atoms with Crippen molar-refractivity contribution in [3.8, 4) is 0 Å². The molecule has 1 aliphatic carbocycles. The van der Waals surface area contributed by atoms with Gasteiger partial charge < -0.3 is 14.6 Å². The van der Waals surface area contributed by atoms with Crippen LogP contribution in [0.15, 0.2) is 4.90 Å². The summed E-state index contributed by atoms with van der Waals surface area (Å²) < 4.78 is 35.4. The van der Waals surface area contributed by atoms with Crippen molar-refractivity contribution in [2.45, 2.75) is 70.2 Å². The molecule has 30 heavy (non-hydrogen) atoms. The van der Waals surface area contributed by atoms with Crippen molar-refractivity contribution < 1.29 is 22.7 Å². The molecule has 0 spiro atoms. The van der Waals surface area contributed by atoms with Crippen molar-refractivity contribution in [1.29, 1.82) is 0 Å². The van der Waals surface area contributed by atoms with Crippen molar-refractivity contribution in [2.24, 2.45) is 13.0 Å². The molecule has 9 heteroatoms. The van der Waals surface area contributed by atoms with Crippen LogP contribution in [0.3, 0.4) is 0 Å². The van der Waals surface area contributed by atoms with Crippen LogP contribution in [0.25, 0.3) is 0 Å². The highest BCUT2D eigenvalue weighted by Gasteiger charge is 2.39. The number of sulfonamides is 1. The number of esters is 1. The molecule has 0 bridgehead atoms. The zero-order valence-corrected chi connectivity index (χ0v) is 19.2. The number of nitrogens with zero attached hydrogens (tertiary/aromatic N) is 2. The predicted octanol–water partition coefficient (Wildman–Crippen LogP) is 2.28. The third-order valence-electron chi connectivity index (χ3n) is 6.46. The van der Waals surface area contributed by atoms with Gasteiger partial charge in [-0.15, -0.1) is 0 Å². The molecular weight excluding hydrogens is 406 g/mol. The molecule has 1 atom stereocenters. The average molecular weight is 440 g/mol. The molecule has 1 amide bonds. The number of aromatic nitrogens is 1. The lowest BCUT2D eigenvalue weighted by molar-refractivity contribution is -0.126. The van der Waals surface area contributed by atoms with Crippen LogP contribution in [-0.4, -0.2) is 54.9 Å². The van der Waals surface area contributed by atoms with E-state index >= 15 is 0 Å². The number of ether oxygens (including phenoxy) is 1. The molecule has 0 radical (unpaired) electrons. The first-order valence-electron chi connectivity index (χ1n) is 10.8. The summed E-state index contributed by atoms with van der Waals surface area (Å²) in [4.78, 5) is 25.3. The summed E-state index contributed by atoms with van der Waals surface area (Å²) in [6, 6.07) is 0.207. The largest absolute Gasteiger partial charge is 0.462 e. The van der Waals surface area contributed by atoms with Crippen molar-refractivity contribution in [3.05, 3.63) is 17.0 Å². The van der Waals surface area contributed by atoms with Gasteiger partial charge in [-0.25, -0.2) is 13.2 Å². The highest BCUT2D eigenvalue weighted by molar-refractivity contribution is 7.89. The van der Waals surface area contributed by atoms with Crippen LogP contribution < -0.4 is 5.32 Å². The molecule has 168 valence electrons. The summed E-state index contributed by atoms with van der Waals surface area (Å²) in [6.45, 7) is 5.74. The number of rotatable bonds is 6. The zero-order chi connectivity index (χ0) is 22.1. The molecule has 1 N–H and O–H groups in total. The van der Waals surface area contributed by atoms with Crippen LogP contribution >= 0.6 is 0 Å². The number of carbonyl (C=O) groups is 2. The summed E-state index contributed by atoms with van der Waals surface area (Å²) in [5.41, 5.74) is 1.14. The quantitative estimate of drug-likeness (QED) is 0.686. The summed E-state index contributed by atoms with van der Waals surface area (Å²) in [5, 5.41) is 3.09. The van der Waals surface area contributed by atoms with Gasteiger partial charge in [-0.3, -0.25) is 4.79 Å². The molecule has 3 rings (SSSR count). The van der Waals surface area contributed by atoms with Gasteiger partial charge in [0.15, 0.2) is 0 Å². The van der Waals surface area contributed by atoms with Gasteiger partial charge in [0.2, 0.25) is 15.9 Å². The lowest BCUT2D eigenvalue weighted by atomic mass is 9.98. The fraction of sp³-hybridized carbons (Fsp3) is 0.714. The number of hydrogen-bond donors (Lipinski definition) is 1. The molecule has 1 saturated heterocycles. The SMILES string of the molecule is CCOC(=O)c1c(S(=O)(=O)N2CCC[C@@H](C(=O)NC3CCCC3)C2)c(C)n(C)c1C. The molecule has 8 nitrogen and oxygen atoms in total. The van der Waals surface area contributed by atoms with Crippen LogP contribution in [0.1, 0.15) is 67.2 Å². The molecule has 1 aliphatic heterocycles. The third kappa shape index (κ3) is 4.27. The van der Waals surface area contributed by atoms with E-state index in [-0.39, 0.29) is 41.5 Å². The monoisotopic (exact) mass is 439 g/mol. The maximum absolute atomic E-state index is 13.6. The number of hydrogen-bond acceptors (Lipinski definition) is 5. The summed E-state index contributed by atoms with van der Waals surface area (Å²) in [5.74, 6) is -1.07. The first-order valence-corrected chi connectivity index (χ1v) is 12.3. The van der Waals surface area contributed by atoms with Gasteiger partial charge in [0.05, 0.1) is 12.5 Å². The molecule has 1 aromatic rings. The van der Waals surface area contributed by atoms with E-state index in [1.54, 1.807) is 32.4 Å². The lowest BCUT2D eigenvalue weighted by Gasteiger charge is -2.32. The van der Waals surface area contributed by atoms with E-state index in [1.165, 1.54) is 4.31 Å². The highest BCUT2D eigenvalue weighted by atomic mass is 32.2. The fourth-order valence-electron chi connectivity index (χ4n) is 4.57. The van der Waals surface area contributed by atoms with Gasteiger partial charge in [-0.05, 0) is 46.5 Å². The maximum atomic E-state index is 13.6. The van der Waals surface area contributed by atoms with E-state index in [2.05, 4.69) is 5.32 Å². The third-order valence-corrected chi connectivity index (χ3v) is 8.48. The minimum absolute atomic E-state index is 0.00204. The standard InChI is InChI=1S/C21H33N3O5S/c1-5-29-21(26)18-14(2)23(4)15(3)19(18)30(27,28)24-12-8-9-16(13-24)20(25)22-17-10-6-7-11-17/h16-17H,5-13H2,1-4H3,(H,22,25)/t16-/m1/s1. The van der Waals surface area contributed by atoms with Crippen molar-refractivity contribution in [3.63, 3.8) is 0 Å². The Kier molecular flexibility index (Phi) is 6.91. The molecule has 2 heterocycles. The number of nitrogens with one attached hydrogen (secondary N) is 1. The number of piperidine rings is 1. The van der Waals surface area contributed by atoms with Gasteiger partial charge in [0.25, 0.3) is 0 Å². The Labute approximate surface area is 179 Å². The Morgan fingerprint density at radius 2 is 1.77 bits per heavy atom. The van der Waals surface area contributed by atoms with Gasteiger partial charge in [-0.1, -0.05) is 12.8 Å². The second-order valence-corrected chi connectivity index (χ2v) is 10.2. The van der Waals surface area contributed by atoms with Crippen LogP contribution in [0, 0.1) is 19.8 Å². The molecule has 0 aromatic carbocycles. The van der Waals surface area contributed by atoms with Crippen LogP contribution in [-0.2, 0) is 26.6 Å². The van der Waals surface area contributed by atoms with Crippen molar-refractivity contribution in [2.75, 3.05) is 19.7 Å². The van der Waals surface area contributed by atoms with E-state index in [0.29, 0.717) is 30.8 Å². The topological polar surface area (TPSA) is 97.7 Å². The predicted molar refractivity (Wildman–Crippen MR) is 113 cm³/mol. The normalized spacial score (nSPS) is 21.0. The van der Waals surface area contributed by atoms with Gasteiger partial charge in [-0.2, -0.15) is 4.31 Å². The van der Waals surface area contributed by atoms with Gasteiger partial charge >= 0.3 is 5.97 Å². The van der Waals surface area contributed by atoms with E-state index < -0.39 is 16.0 Å². The Balaban J connectivity index is 1.87. The smallest absolute Gasteiger partial charge is 0.341 e. The summed E-state index contributed by atoms with van der Waals surface area (Å²) in [6.07, 6.45) is 5.51. The van der Waals surface area contributed by atoms with E-state index in [9.17, 15) is 18.0 Å². The van der Waals surface area contributed by atoms with Crippen molar-refractivity contribution in [1.82, 2.24) is 14.2 Å². The first-order chi connectivity index (χ1) is 14.2. The minimum atomic E-state index is -3.95. The van der Waals surface area contributed by atoms with E-state index in [0.717, 1.165) is 25.7 Å². The molecule has 1 aromatic heterocycles. The fourth-order valence-corrected chi connectivity index (χ4v) is 6.57. The molecular formula is C21H33N3O5S. The van der Waals surface area contributed by atoms with Gasteiger partial charge in [0, 0.05) is 37.6 Å². The van der Waals surface area contributed by atoms with Crippen LogP contribution in [0.5, 0.6) is 0 Å². The lowest BCUT2D eigenvalue weighted by Crippen LogP contribution is -2.47. The molecule has 0 unspecified atom stereocenters. The number of carbonyl (C=O) groups excluding carboxylic acids is 2. The Morgan fingerprint density at radius 1 is 1.10 bits per heavy atom. The zero-order valence-electron chi connectivity index (χ0n) is 18.4. The Morgan fingerprint density at radius 3 is 2.40 bits per heavy atom. The van der Waals surface area contributed by atoms with Crippen molar-refractivity contribution >= 4 is 21.9 Å². The van der Waals surface area contributed by atoms with Crippen LogP contribution in [0.2, 0.25) is 0 Å². The highest BCUT2D eigenvalue weighted by Crippen LogP contribution is 2.32. The van der Waals surface area contributed by atoms with E-state index in [4.69, 9.17) is 4.74 Å². The first kappa shape index (κ1) is 22.8. The second-order valence-electron chi connectivity index (χ2n) is 8.35. The summed E-state index contributed by atoms with van der Waals surface area (Å²) in [7, 11) is -2.21. The summed E-state index contributed by atoms with van der Waals surface area (Å²) >= 11 is 0. The van der Waals surface area contributed by atoms with E-state index in [1.807, 2.05) is 0 Å². The van der Waals surface area contributed by atoms with Gasteiger partial charge in [0.1, 0.15) is 10.5 Å².